The summed E-state index contributed by atoms with van der Waals surface area (Å²) < 4.78 is 1.01. The number of thiophene rings is 2. The molecule has 2 aliphatic heterocycles. The Morgan fingerprint density at radius 1 is 0.769 bits per heavy atom. The zero-order chi connectivity index (χ0) is 18.7. The van der Waals surface area contributed by atoms with E-state index in [1.54, 1.807) is 0 Å². The van der Waals surface area contributed by atoms with E-state index < -0.39 is 11.3 Å². The first-order valence-corrected chi connectivity index (χ1v) is 10.7. The fraction of sp³-hybridized carbons (Fsp3) is 0.556. The molecule has 4 N–H and O–H groups in total. The number of fused-ring (bicyclic) bond motifs is 5. The Kier molecular flexibility index (Phi) is 3.96. The molecule has 0 saturated heterocycles. The highest BCUT2D eigenvalue weighted by Gasteiger charge is 2.40. The SMILES string of the molecule is CCCC1(C)NC(=O)c2sc3sc4c(c3c2N1)NC(C)(CCC)NC4=O. The molecular weight excluding hydrogens is 368 g/mol. The largest absolute Gasteiger partial charge is 0.361 e. The summed E-state index contributed by atoms with van der Waals surface area (Å²) >= 11 is 2.92. The number of carbonyl (C=O) groups is 2. The minimum atomic E-state index is -0.467. The van der Waals surface area contributed by atoms with Gasteiger partial charge >= 0.3 is 0 Å². The molecule has 4 rings (SSSR count). The fourth-order valence-electron chi connectivity index (χ4n) is 4.00. The average Bonchev–Trinajstić information content (AvgIpc) is 3.05. The van der Waals surface area contributed by atoms with Crippen LogP contribution in [-0.2, 0) is 0 Å². The monoisotopic (exact) mass is 392 g/mol. The van der Waals surface area contributed by atoms with Gasteiger partial charge in [-0.15, -0.1) is 22.7 Å². The second-order valence-corrected chi connectivity index (χ2v) is 9.90. The van der Waals surface area contributed by atoms with E-state index in [-0.39, 0.29) is 11.8 Å². The van der Waals surface area contributed by atoms with E-state index in [1.807, 2.05) is 13.8 Å². The van der Waals surface area contributed by atoms with Crippen LogP contribution in [0.3, 0.4) is 0 Å². The average molecular weight is 393 g/mol. The maximum absolute atomic E-state index is 12.7. The van der Waals surface area contributed by atoms with Crippen molar-refractivity contribution in [1.82, 2.24) is 10.6 Å². The summed E-state index contributed by atoms with van der Waals surface area (Å²) in [5.41, 5.74) is 0.794. The molecule has 2 atom stereocenters. The molecule has 0 fully saturated rings. The highest BCUT2D eigenvalue weighted by molar-refractivity contribution is 7.40. The van der Waals surface area contributed by atoms with Gasteiger partial charge in [0.25, 0.3) is 11.8 Å². The summed E-state index contributed by atoms with van der Waals surface area (Å²) in [5, 5.41) is 14.3. The zero-order valence-electron chi connectivity index (χ0n) is 15.5. The third kappa shape index (κ3) is 2.58. The quantitative estimate of drug-likeness (QED) is 0.625. The molecule has 2 aliphatic rings. The van der Waals surface area contributed by atoms with Gasteiger partial charge in [-0.05, 0) is 26.7 Å². The van der Waals surface area contributed by atoms with E-state index in [9.17, 15) is 9.59 Å². The first kappa shape index (κ1) is 17.6. The molecule has 6 nitrogen and oxygen atoms in total. The van der Waals surface area contributed by atoms with E-state index in [4.69, 9.17) is 0 Å². The first-order chi connectivity index (χ1) is 12.3. The fourth-order valence-corrected chi connectivity index (χ4v) is 6.45. The summed E-state index contributed by atoms with van der Waals surface area (Å²) in [6, 6.07) is 0. The molecule has 26 heavy (non-hydrogen) atoms. The Bertz CT molecular complexity index is 849. The van der Waals surface area contributed by atoms with Gasteiger partial charge in [-0.25, -0.2) is 0 Å². The van der Waals surface area contributed by atoms with E-state index in [1.165, 1.54) is 22.7 Å². The molecule has 0 saturated carbocycles. The first-order valence-electron chi connectivity index (χ1n) is 9.10. The molecule has 0 spiro atoms. The zero-order valence-corrected chi connectivity index (χ0v) is 17.1. The molecule has 2 aromatic rings. The third-order valence-corrected chi connectivity index (χ3v) is 7.51. The van der Waals surface area contributed by atoms with Crippen LogP contribution in [0.25, 0.3) is 9.40 Å². The number of rotatable bonds is 4. The number of amides is 2. The van der Waals surface area contributed by atoms with Crippen molar-refractivity contribution in [3.05, 3.63) is 9.75 Å². The molecular formula is C18H24N4O2S2. The van der Waals surface area contributed by atoms with Gasteiger partial charge in [0.15, 0.2) is 0 Å². The Balaban J connectivity index is 1.87. The van der Waals surface area contributed by atoms with E-state index >= 15 is 0 Å². The highest BCUT2D eigenvalue weighted by atomic mass is 32.2. The Hall–Kier alpha value is -1.80. The molecule has 2 amide bonds. The van der Waals surface area contributed by atoms with E-state index in [0.717, 1.165) is 46.5 Å². The molecule has 4 heterocycles. The molecule has 140 valence electrons. The summed E-state index contributed by atoms with van der Waals surface area (Å²) in [4.78, 5) is 26.7. The maximum atomic E-state index is 12.7. The number of anilines is 2. The van der Waals surface area contributed by atoms with Gasteiger partial charge in [0.1, 0.15) is 21.1 Å². The molecule has 8 heteroatoms. The van der Waals surface area contributed by atoms with Crippen molar-refractivity contribution >= 4 is 55.3 Å². The van der Waals surface area contributed by atoms with Crippen LogP contribution in [0.15, 0.2) is 0 Å². The second-order valence-electron chi connectivity index (χ2n) is 7.60. The van der Waals surface area contributed by atoms with E-state index in [0.29, 0.717) is 9.75 Å². The van der Waals surface area contributed by atoms with Crippen LogP contribution >= 0.6 is 22.7 Å². The van der Waals surface area contributed by atoms with Crippen LogP contribution in [-0.4, -0.2) is 23.1 Å². The lowest BCUT2D eigenvalue weighted by molar-refractivity contribution is 0.0899. The van der Waals surface area contributed by atoms with Gasteiger partial charge in [0.05, 0.1) is 20.8 Å². The Labute approximate surface area is 160 Å². The van der Waals surface area contributed by atoms with Crippen molar-refractivity contribution in [2.75, 3.05) is 10.6 Å². The third-order valence-electron chi connectivity index (χ3n) is 5.04. The van der Waals surface area contributed by atoms with Crippen molar-refractivity contribution < 1.29 is 9.59 Å². The van der Waals surface area contributed by atoms with Crippen molar-refractivity contribution in [1.29, 1.82) is 0 Å². The topological polar surface area (TPSA) is 82.3 Å². The summed E-state index contributed by atoms with van der Waals surface area (Å²) in [6.45, 7) is 8.24. The molecule has 0 aliphatic carbocycles. The van der Waals surface area contributed by atoms with Crippen molar-refractivity contribution in [3.8, 4) is 0 Å². The van der Waals surface area contributed by atoms with Gasteiger partial charge in [-0.1, -0.05) is 26.7 Å². The minimum Gasteiger partial charge on any atom is -0.361 e. The second kappa shape index (κ2) is 5.85. The van der Waals surface area contributed by atoms with Crippen LogP contribution in [0.1, 0.15) is 72.7 Å². The molecule has 0 radical (unpaired) electrons. The summed E-state index contributed by atoms with van der Waals surface area (Å²) in [7, 11) is 0. The summed E-state index contributed by atoms with van der Waals surface area (Å²) in [5.74, 6) is -0.0677. The Morgan fingerprint density at radius 2 is 1.19 bits per heavy atom. The standard InChI is InChI=1S/C18H24N4O2S2/c1-5-7-17(3)19-10-9-11-13(15(24)22-18(4,20-11)8-6-2)26-16(9)25-12(10)14(23)21-17/h19-20H,5-8H2,1-4H3,(H,21,23)(H,22,24). The van der Waals surface area contributed by atoms with E-state index in [2.05, 4.69) is 35.1 Å². The molecule has 2 unspecified atom stereocenters. The smallest absolute Gasteiger partial charge is 0.265 e. The lowest BCUT2D eigenvalue weighted by Gasteiger charge is -2.38. The Morgan fingerprint density at radius 3 is 1.58 bits per heavy atom. The maximum Gasteiger partial charge on any atom is 0.265 e. The minimum absolute atomic E-state index is 0.0339. The van der Waals surface area contributed by atoms with Gasteiger partial charge < -0.3 is 21.3 Å². The molecule has 2 aromatic heterocycles. The number of hydrogen-bond acceptors (Lipinski definition) is 6. The van der Waals surface area contributed by atoms with Crippen LogP contribution in [0, 0.1) is 0 Å². The van der Waals surface area contributed by atoms with Crippen molar-refractivity contribution in [2.24, 2.45) is 0 Å². The predicted molar refractivity (Wildman–Crippen MR) is 109 cm³/mol. The van der Waals surface area contributed by atoms with Crippen LogP contribution in [0.2, 0.25) is 0 Å². The predicted octanol–water partition coefficient (Wildman–Crippen LogP) is 4.31. The number of nitrogens with one attached hydrogen (secondary N) is 4. The lowest BCUT2D eigenvalue weighted by atomic mass is 10.00. The molecule has 0 aromatic carbocycles. The van der Waals surface area contributed by atoms with Gasteiger partial charge in [0, 0.05) is 0 Å². The number of hydrogen-bond donors (Lipinski definition) is 4. The van der Waals surface area contributed by atoms with Crippen molar-refractivity contribution in [2.45, 2.75) is 64.7 Å². The lowest BCUT2D eigenvalue weighted by Crippen LogP contribution is -2.55. The van der Waals surface area contributed by atoms with Gasteiger partial charge in [-0.2, -0.15) is 0 Å². The molecule has 0 bridgehead atoms. The number of carbonyl (C=O) groups excluding carboxylic acids is 2. The van der Waals surface area contributed by atoms with Crippen LogP contribution in [0.5, 0.6) is 0 Å². The van der Waals surface area contributed by atoms with Crippen molar-refractivity contribution in [3.63, 3.8) is 0 Å². The van der Waals surface area contributed by atoms with Crippen LogP contribution in [0.4, 0.5) is 11.4 Å². The highest BCUT2D eigenvalue weighted by Crippen LogP contribution is 2.51. The normalized spacial score (nSPS) is 27.2. The van der Waals surface area contributed by atoms with Crippen LogP contribution < -0.4 is 21.3 Å². The van der Waals surface area contributed by atoms with Gasteiger partial charge in [0.2, 0.25) is 0 Å². The summed E-state index contributed by atoms with van der Waals surface area (Å²) in [6.07, 6.45) is 3.60. The van der Waals surface area contributed by atoms with Gasteiger partial charge in [-0.3, -0.25) is 9.59 Å².